The Morgan fingerprint density at radius 3 is 1.15 bits per heavy atom. The Labute approximate surface area is 462 Å². The Balaban J connectivity index is 4.03. The first-order valence-corrected chi connectivity index (χ1v) is 32.0. The van der Waals surface area contributed by atoms with Gasteiger partial charge in [-0.15, -0.1) is 0 Å². The van der Waals surface area contributed by atoms with Gasteiger partial charge in [0, 0.05) is 12.8 Å². The third-order valence-electron chi connectivity index (χ3n) is 12.8. The predicted octanol–water partition coefficient (Wildman–Crippen LogP) is 19.2. The van der Waals surface area contributed by atoms with E-state index in [0.29, 0.717) is 17.4 Å². The van der Waals surface area contributed by atoms with Gasteiger partial charge in [0.2, 0.25) is 0 Å². The summed E-state index contributed by atoms with van der Waals surface area (Å²) in [7, 11) is 1.47. The van der Waals surface area contributed by atoms with Crippen LogP contribution in [0.25, 0.3) is 0 Å². The van der Waals surface area contributed by atoms with Crippen LogP contribution < -0.4 is 0 Å². The molecule has 10 heteroatoms. The van der Waals surface area contributed by atoms with Crippen molar-refractivity contribution in [1.29, 1.82) is 0 Å². The van der Waals surface area contributed by atoms with Crippen LogP contribution in [0, 0.1) is 0 Å². The van der Waals surface area contributed by atoms with Gasteiger partial charge in [-0.3, -0.25) is 18.6 Å². The number of nitrogens with zero attached hydrogens (tertiary/aromatic N) is 1. The van der Waals surface area contributed by atoms with Gasteiger partial charge in [-0.05, 0) is 96.3 Å². The Hall–Kier alpha value is -3.07. The number of ether oxygens (including phenoxy) is 2. The van der Waals surface area contributed by atoms with Crippen LogP contribution in [0.3, 0.4) is 0 Å². The monoisotopic (exact) mass is 1070 g/mol. The highest BCUT2D eigenvalue weighted by Gasteiger charge is 2.27. The second-order valence-electron chi connectivity index (χ2n) is 21.4. The molecule has 0 aliphatic heterocycles. The summed E-state index contributed by atoms with van der Waals surface area (Å²) in [6.45, 7) is 4.30. The first kappa shape index (κ1) is 71.9. The minimum atomic E-state index is -4.39. The van der Waals surface area contributed by atoms with E-state index >= 15 is 0 Å². The number of phosphoric acid groups is 1. The fourth-order valence-corrected chi connectivity index (χ4v) is 8.91. The van der Waals surface area contributed by atoms with Crippen molar-refractivity contribution in [2.45, 2.75) is 258 Å². The van der Waals surface area contributed by atoms with Crippen LogP contribution in [0.2, 0.25) is 0 Å². The van der Waals surface area contributed by atoms with E-state index in [4.69, 9.17) is 18.5 Å². The number of hydrogen-bond donors (Lipinski definition) is 1. The van der Waals surface area contributed by atoms with Gasteiger partial charge in [-0.1, -0.05) is 239 Å². The summed E-state index contributed by atoms with van der Waals surface area (Å²) >= 11 is 0. The average Bonchev–Trinajstić information content (AvgIpc) is 3.37. The van der Waals surface area contributed by atoms with Crippen LogP contribution >= 0.6 is 7.82 Å². The molecule has 0 aromatic carbocycles. The Morgan fingerprint density at radius 1 is 0.427 bits per heavy atom. The van der Waals surface area contributed by atoms with Crippen LogP contribution in [0.4, 0.5) is 0 Å². The number of rotatable bonds is 55. The lowest BCUT2D eigenvalue weighted by Crippen LogP contribution is -2.37. The van der Waals surface area contributed by atoms with Crippen molar-refractivity contribution in [2.75, 3.05) is 47.5 Å². The molecule has 2 atom stereocenters. The van der Waals surface area contributed by atoms with E-state index in [0.717, 1.165) is 103 Å². The molecule has 0 radical (unpaired) electrons. The molecule has 0 aromatic rings. The van der Waals surface area contributed by atoms with Crippen molar-refractivity contribution < 1.29 is 42.1 Å². The van der Waals surface area contributed by atoms with Gasteiger partial charge in [0.05, 0.1) is 27.7 Å². The lowest BCUT2D eigenvalue weighted by molar-refractivity contribution is -0.870. The van der Waals surface area contributed by atoms with Crippen LogP contribution in [0.1, 0.15) is 251 Å². The van der Waals surface area contributed by atoms with Gasteiger partial charge < -0.3 is 18.9 Å². The first-order chi connectivity index (χ1) is 36.5. The number of unbranched alkanes of at least 4 members (excludes halogenated alkanes) is 25. The van der Waals surface area contributed by atoms with E-state index in [1.165, 1.54) is 116 Å². The van der Waals surface area contributed by atoms with Crippen LogP contribution in [0.15, 0.2) is 97.2 Å². The van der Waals surface area contributed by atoms with Crippen molar-refractivity contribution in [1.82, 2.24) is 0 Å². The third-order valence-corrected chi connectivity index (χ3v) is 13.8. The maximum Gasteiger partial charge on any atom is 0.472 e. The zero-order chi connectivity index (χ0) is 54.9. The first-order valence-electron chi connectivity index (χ1n) is 30.5. The number of allylic oxidation sites excluding steroid dienone is 16. The van der Waals surface area contributed by atoms with Gasteiger partial charge in [0.25, 0.3) is 0 Å². The number of carbonyl (C=O) groups is 2. The van der Waals surface area contributed by atoms with Crippen molar-refractivity contribution in [2.24, 2.45) is 0 Å². The topological polar surface area (TPSA) is 108 Å². The molecule has 75 heavy (non-hydrogen) atoms. The van der Waals surface area contributed by atoms with Crippen molar-refractivity contribution >= 4 is 19.8 Å². The van der Waals surface area contributed by atoms with Crippen LogP contribution in [-0.4, -0.2) is 74.9 Å². The summed E-state index contributed by atoms with van der Waals surface area (Å²) in [5.74, 6) is -0.806. The highest BCUT2D eigenvalue weighted by molar-refractivity contribution is 7.47. The Bertz CT molecular complexity index is 1590. The van der Waals surface area contributed by atoms with E-state index < -0.39 is 26.5 Å². The molecule has 0 saturated carbocycles. The smallest absolute Gasteiger partial charge is 0.462 e. The van der Waals surface area contributed by atoms with Gasteiger partial charge >= 0.3 is 19.8 Å². The molecule has 9 nitrogen and oxygen atoms in total. The molecule has 0 fully saturated rings. The normalized spacial score (nSPS) is 13.9. The molecule has 0 bridgehead atoms. The maximum absolute atomic E-state index is 12.8. The highest BCUT2D eigenvalue weighted by atomic mass is 31.2. The largest absolute Gasteiger partial charge is 0.472 e. The average molecular weight is 1070 g/mol. The molecule has 0 amide bonds. The molecule has 0 heterocycles. The van der Waals surface area contributed by atoms with Crippen LogP contribution in [0.5, 0.6) is 0 Å². The van der Waals surface area contributed by atoms with Crippen molar-refractivity contribution in [3.05, 3.63) is 97.2 Å². The standard InChI is InChI=1S/C65H114NO8P/c1-6-8-10-12-14-16-18-20-22-23-24-25-26-27-28-29-30-31-32-33-34-35-36-37-38-39-40-41-42-43-44-46-48-50-52-54-56-58-65(68)74-63(62-73-75(69,70)72-60-59-66(3,4)5)61-71-64(67)57-55-53-51-49-47-45-21-19-17-15-13-11-9-7-2/h8,10,14,16,19-22,24-25,27-28,30-31,33-34,63H,6-7,9,11-13,15,17-18,23,26,29,32,35-62H2,1-5H3/p+1/b10-8-,16-14-,21-19-,22-20-,25-24-,28-27-,31-30-,34-33-. The third kappa shape index (κ3) is 60.0. The van der Waals surface area contributed by atoms with Gasteiger partial charge in [0.1, 0.15) is 19.8 Å². The molecule has 1 N–H and O–H groups in total. The number of carbonyl (C=O) groups excluding carboxylic acids is 2. The molecule has 432 valence electrons. The zero-order valence-electron chi connectivity index (χ0n) is 49.0. The lowest BCUT2D eigenvalue weighted by Gasteiger charge is -2.24. The molecule has 2 unspecified atom stereocenters. The summed E-state index contributed by atoms with van der Waals surface area (Å²) in [5.41, 5.74) is 0. The Morgan fingerprint density at radius 2 is 0.760 bits per heavy atom. The van der Waals surface area contributed by atoms with E-state index in [-0.39, 0.29) is 32.0 Å². The minimum absolute atomic E-state index is 0.0280. The number of esters is 2. The second kappa shape index (κ2) is 55.7. The lowest BCUT2D eigenvalue weighted by atomic mass is 10.0. The molecule has 0 saturated heterocycles. The molecule has 0 rings (SSSR count). The number of likely N-dealkylation sites (N-methyl/N-ethyl adjacent to an activating group) is 1. The summed E-state index contributed by atoms with van der Waals surface area (Å²) in [5, 5.41) is 0. The quantitative estimate of drug-likeness (QED) is 0.0211. The molecule has 0 aliphatic rings. The number of hydrogen-bond acceptors (Lipinski definition) is 7. The Kier molecular flexibility index (Phi) is 53.4. The van der Waals surface area contributed by atoms with Crippen molar-refractivity contribution in [3.8, 4) is 0 Å². The van der Waals surface area contributed by atoms with E-state index in [1.54, 1.807) is 0 Å². The fraction of sp³-hybridized carbons (Fsp3) is 0.723. The van der Waals surface area contributed by atoms with Crippen molar-refractivity contribution in [3.63, 3.8) is 0 Å². The summed E-state index contributed by atoms with van der Waals surface area (Å²) < 4.78 is 34.5. The summed E-state index contributed by atoms with van der Waals surface area (Å²) in [6.07, 6.45) is 76.3. The number of quaternary nitrogens is 1. The second-order valence-corrected chi connectivity index (χ2v) is 22.8. The summed E-state index contributed by atoms with van der Waals surface area (Å²) in [6, 6.07) is 0. The summed E-state index contributed by atoms with van der Waals surface area (Å²) in [4.78, 5) is 35.6. The van der Waals surface area contributed by atoms with E-state index in [2.05, 4.69) is 111 Å². The SMILES string of the molecule is CC/C=C\C/C=C\C/C=C\C/C=C\C/C=C\C/C=C\C/C=C\CCCCCCCCCCCCCCCCCC(=O)OC(COC(=O)CCCCCCC/C=C\CCCCCCC)COP(=O)(O)OCC[N+](C)(C)C. The predicted molar refractivity (Wildman–Crippen MR) is 321 cm³/mol. The molecule has 0 aliphatic carbocycles. The zero-order valence-corrected chi connectivity index (χ0v) is 49.9. The minimum Gasteiger partial charge on any atom is -0.462 e. The highest BCUT2D eigenvalue weighted by Crippen LogP contribution is 2.43. The maximum atomic E-state index is 12.8. The van der Waals surface area contributed by atoms with Gasteiger partial charge in [-0.25, -0.2) is 4.57 Å². The van der Waals surface area contributed by atoms with E-state index in [1.807, 2.05) is 21.1 Å². The van der Waals surface area contributed by atoms with E-state index in [9.17, 15) is 19.0 Å². The van der Waals surface area contributed by atoms with Crippen LogP contribution in [-0.2, 0) is 32.7 Å². The fourth-order valence-electron chi connectivity index (χ4n) is 8.17. The molecular weight excluding hydrogens is 954 g/mol. The van der Waals surface area contributed by atoms with Gasteiger partial charge in [0.15, 0.2) is 6.10 Å². The molecule has 0 aromatic heterocycles. The van der Waals surface area contributed by atoms with Gasteiger partial charge in [-0.2, -0.15) is 0 Å². The number of phosphoric ester groups is 1. The molecule has 0 spiro atoms. The molecular formula is C65H115NO8P+.